The van der Waals surface area contributed by atoms with Crippen LogP contribution in [-0.2, 0) is 4.74 Å². The fourth-order valence-electron chi connectivity index (χ4n) is 4.17. The monoisotopic (exact) mass is 363 g/mol. The number of carbonyl (C=O) groups excluding carboxylic acids is 1. The van der Waals surface area contributed by atoms with Crippen LogP contribution in [-0.4, -0.2) is 23.0 Å². The lowest BCUT2D eigenvalue weighted by Crippen LogP contribution is -2.17. The molecule has 1 aliphatic carbocycles. The molecular weight excluding hydrogens is 338 g/mol. The number of fused-ring (bicyclic) bond motifs is 1. The van der Waals surface area contributed by atoms with Crippen LogP contribution in [0.2, 0.25) is 0 Å². The molecule has 1 aliphatic rings. The summed E-state index contributed by atoms with van der Waals surface area (Å²) >= 11 is 0. The van der Waals surface area contributed by atoms with E-state index in [9.17, 15) is 4.79 Å². The second-order valence-corrected chi connectivity index (χ2v) is 7.36. The van der Waals surface area contributed by atoms with Gasteiger partial charge in [-0.2, -0.15) is 0 Å². The first-order chi connectivity index (χ1) is 13.2. The van der Waals surface area contributed by atoms with Gasteiger partial charge in [-0.15, -0.1) is 0 Å². The maximum Gasteiger partial charge on any atom is 0.248 e. The van der Waals surface area contributed by atoms with E-state index in [0.717, 1.165) is 22.4 Å². The topological polar surface area (TPSA) is 81.0 Å². The minimum absolute atomic E-state index is 0.160. The largest absolute Gasteiger partial charge is 0.376 e. The highest BCUT2D eigenvalue weighted by atomic mass is 16.5. The highest BCUT2D eigenvalue weighted by Crippen LogP contribution is 2.37. The fraction of sp³-hybridized carbons (Fsp3) is 0.364. The molecule has 27 heavy (non-hydrogen) atoms. The van der Waals surface area contributed by atoms with Crippen LogP contribution in [0.5, 0.6) is 0 Å². The molecule has 1 aromatic heterocycles. The van der Waals surface area contributed by atoms with Crippen molar-refractivity contribution in [2.45, 2.75) is 38.2 Å². The van der Waals surface area contributed by atoms with Gasteiger partial charge in [0.2, 0.25) is 5.91 Å². The van der Waals surface area contributed by atoms with E-state index in [1.165, 1.54) is 37.7 Å². The molecule has 1 atom stereocenters. The van der Waals surface area contributed by atoms with Crippen molar-refractivity contribution in [1.29, 1.82) is 0 Å². The van der Waals surface area contributed by atoms with Crippen LogP contribution in [0.4, 0.5) is 0 Å². The summed E-state index contributed by atoms with van der Waals surface area (Å²) in [5.74, 6) is 0.948. The highest BCUT2D eigenvalue weighted by Gasteiger charge is 2.24. The van der Waals surface area contributed by atoms with E-state index in [4.69, 9.17) is 10.5 Å². The summed E-state index contributed by atoms with van der Waals surface area (Å²) in [7, 11) is 1.81. The van der Waals surface area contributed by atoms with Crippen molar-refractivity contribution in [2.24, 2.45) is 11.7 Å². The number of carbonyl (C=O) groups is 1. The van der Waals surface area contributed by atoms with Gasteiger partial charge in [0, 0.05) is 18.2 Å². The summed E-state index contributed by atoms with van der Waals surface area (Å²) in [4.78, 5) is 19.3. The van der Waals surface area contributed by atoms with Gasteiger partial charge in [-0.25, -0.2) is 4.98 Å². The number of H-pyrrole nitrogens is 1. The zero-order chi connectivity index (χ0) is 18.8. The zero-order valence-electron chi connectivity index (χ0n) is 15.6. The Kier molecular flexibility index (Phi) is 4.94. The summed E-state index contributed by atoms with van der Waals surface area (Å²) in [5.41, 5.74) is 9.69. The number of amides is 1. The minimum Gasteiger partial charge on any atom is -0.376 e. The van der Waals surface area contributed by atoms with E-state index < -0.39 is 5.91 Å². The van der Waals surface area contributed by atoms with Crippen molar-refractivity contribution < 1.29 is 9.53 Å². The van der Waals surface area contributed by atoms with Crippen molar-refractivity contribution in [3.05, 3.63) is 53.6 Å². The molecule has 0 saturated heterocycles. The third-order valence-electron chi connectivity index (χ3n) is 5.61. The molecule has 0 radical (unpaired) electrons. The first-order valence-corrected chi connectivity index (χ1v) is 9.58. The first kappa shape index (κ1) is 17.7. The first-order valence-electron chi connectivity index (χ1n) is 9.58. The Morgan fingerprint density at radius 2 is 1.89 bits per heavy atom. The molecule has 0 spiro atoms. The molecule has 4 rings (SSSR count). The van der Waals surface area contributed by atoms with Gasteiger partial charge in [0.1, 0.15) is 5.82 Å². The summed E-state index contributed by atoms with van der Waals surface area (Å²) in [5, 5.41) is 0. The van der Waals surface area contributed by atoms with Crippen LogP contribution in [0.3, 0.4) is 0 Å². The predicted molar refractivity (Wildman–Crippen MR) is 106 cm³/mol. The normalized spacial score (nSPS) is 16.5. The summed E-state index contributed by atoms with van der Waals surface area (Å²) in [6, 6.07) is 13.7. The molecule has 1 unspecified atom stereocenters. The van der Waals surface area contributed by atoms with Crippen molar-refractivity contribution in [3.8, 4) is 11.4 Å². The van der Waals surface area contributed by atoms with Crippen molar-refractivity contribution >= 4 is 16.9 Å². The molecule has 140 valence electrons. The number of hydrogen-bond donors (Lipinski definition) is 2. The van der Waals surface area contributed by atoms with E-state index in [1.807, 2.05) is 13.2 Å². The number of imidazole rings is 1. The molecule has 5 heteroatoms. The third kappa shape index (κ3) is 3.60. The highest BCUT2D eigenvalue weighted by molar-refractivity contribution is 5.96. The van der Waals surface area contributed by atoms with Crippen LogP contribution < -0.4 is 5.73 Å². The Labute approximate surface area is 158 Å². The smallest absolute Gasteiger partial charge is 0.248 e. The minimum atomic E-state index is -0.439. The van der Waals surface area contributed by atoms with Gasteiger partial charge in [0.25, 0.3) is 0 Å². The Morgan fingerprint density at radius 3 is 2.56 bits per heavy atom. The molecule has 0 bridgehead atoms. The van der Waals surface area contributed by atoms with Gasteiger partial charge >= 0.3 is 0 Å². The van der Waals surface area contributed by atoms with E-state index in [2.05, 4.69) is 34.2 Å². The zero-order valence-corrected chi connectivity index (χ0v) is 15.6. The molecule has 3 aromatic rings. The molecule has 1 fully saturated rings. The lowest BCUT2D eigenvalue weighted by molar-refractivity contribution is 0.0354. The van der Waals surface area contributed by atoms with E-state index in [-0.39, 0.29) is 6.10 Å². The van der Waals surface area contributed by atoms with E-state index in [1.54, 1.807) is 12.1 Å². The van der Waals surface area contributed by atoms with Crippen LogP contribution in [0, 0.1) is 5.92 Å². The number of nitrogens with two attached hydrogens (primary N) is 1. The molecule has 0 aliphatic heterocycles. The molecule has 3 N–H and O–H groups in total. The Morgan fingerprint density at radius 1 is 1.15 bits per heavy atom. The number of ether oxygens (including phenoxy) is 1. The van der Waals surface area contributed by atoms with Gasteiger partial charge in [0.15, 0.2) is 0 Å². The van der Waals surface area contributed by atoms with Gasteiger partial charge in [0.05, 0.1) is 17.1 Å². The van der Waals surface area contributed by atoms with Crippen LogP contribution in [0.25, 0.3) is 22.4 Å². The van der Waals surface area contributed by atoms with Crippen LogP contribution in [0.1, 0.15) is 54.1 Å². The number of rotatable bonds is 5. The van der Waals surface area contributed by atoms with E-state index in [0.29, 0.717) is 11.5 Å². The Hall–Kier alpha value is -2.66. The standard InChI is InChI=1S/C22H25N3O2/c1-27-20(14-5-3-2-4-6-14)15-7-9-16(10-8-15)22-24-18-12-11-17(21(23)26)13-19(18)25-22/h7-14,20H,2-6H2,1H3,(H2,23,26)(H,24,25). The maximum absolute atomic E-state index is 11.4. The number of hydrogen-bond acceptors (Lipinski definition) is 3. The molecule has 1 amide bonds. The number of nitrogens with zero attached hydrogens (tertiary/aromatic N) is 1. The Balaban J connectivity index is 1.59. The number of benzene rings is 2. The van der Waals surface area contributed by atoms with Gasteiger partial charge in [-0.1, -0.05) is 43.5 Å². The molecule has 1 heterocycles. The van der Waals surface area contributed by atoms with Gasteiger partial charge in [-0.3, -0.25) is 4.79 Å². The third-order valence-corrected chi connectivity index (χ3v) is 5.61. The molecule has 5 nitrogen and oxygen atoms in total. The number of methoxy groups -OCH3 is 1. The SMILES string of the molecule is COC(c1ccc(-c2nc3ccc(C(N)=O)cc3[nH]2)cc1)C1CCCCC1. The van der Waals surface area contributed by atoms with Crippen molar-refractivity contribution in [1.82, 2.24) is 9.97 Å². The number of aromatic nitrogens is 2. The average molecular weight is 363 g/mol. The lowest BCUT2D eigenvalue weighted by Gasteiger charge is -2.29. The van der Waals surface area contributed by atoms with Gasteiger partial charge in [-0.05, 0) is 42.5 Å². The van der Waals surface area contributed by atoms with Crippen LogP contribution >= 0.6 is 0 Å². The summed E-state index contributed by atoms with van der Waals surface area (Å²) in [6.45, 7) is 0. The number of aromatic amines is 1. The number of nitrogens with one attached hydrogen (secondary N) is 1. The quantitative estimate of drug-likeness (QED) is 0.695. The predicted octanol–water partition coefficient (Wildman–Crippen LogP) is 4.60. The summed E-state index contributed by atoms with van der Waals surface area (Å²) < 4.78 is 5.84. The van der Waals surface area contributed by atoms with Gasteiger partial charge < -0.3 is 15.5 Å². The van der Waals surface area contributed by atoms with Crippen molar-refractivity contribution in [2.75, 3.05) is 7.11 Å². The average Bonchev–Trinajstić information content (AvgIpc) is 3.13. The molecule has 2 aromatic carbocycles. The molecule has 1 saturated carbocycles. The fourth-order valence-corrected chi connectivity index (χ4v) is 4.17. The Bertz CT molecular complexity index is 940. The number of primary amides is 1. The van der Waals surface area contributed by atoms with Crippen LogP contribution in [0.15, 0.2) is 42.5 Å². The maximum atomic E-state index is 11.4. The van der Waals surface area contributed by atoms with E-state index >= 15 is 0 Å². The second-order valence-electron chi connectivity index (χ2n) is 7.36. The van der Waals surface area contributed by atoms with Crippen molar-refractivity contribution in [3.63, 3.8) is 0 Å². The lowest BCUT2D eigenvalue weighted by atomic mass is 9.82. The second kappa shape index (κ2) is 7.53. The summed E-state index contributed by atoms with van der Waals surface area (Å²) in [6.07, 6.45) is 6.59. The molecular formula is C22H25N3O2.